The molecule has 1 aromatic heterocycles. The van der Waals surface area contributed by atoms with E-state index in [4.69, 9.17) is 11.6 Å². The molecule has 0 saturated carbocycles. The van der Waals surface area contributed by atoms with Crippen LogP contribution >= 0.6 is 22.9 Å². The predicted molar refractivity (Wildman–Crippen MR) is 87.0 cm³/mol. The number of halogens is 1. The first-order valence-corrected chi connectivity index (χ1v) is 8.16. The zero-order valence-corrected chi connectivity index (χ0v) is 13.8. The fraction of sp³-hybridized carbons (Fsp3) is 0.188. The van der Waals surface area contributed by atoms with Crippen LogP contribution in [0.1, 0.15) is 23.4 Å². The summed E-state index contributed by atoms with van der Waals surface area (Å²) < 4.78 is 0.569. The van der Waals surface area contributed by atoms with Gasteiger partial charge in [0, 0.05) is 4.88 Å². The largest absolute Gasteiger partial charge is 0.335 e. The summed E-state index contributed by atoms with van der Waals surface area (Å²) >= 11 is 7.13. The highest BCUT2D eigenvalue weighted by Gasteiger charge is 2.46. The molecule has 1 aromatic carbocycles. The number of urea groups is 1. The van der Waals surface area contributed by atoms with Crippen LogP contribution in [0.15, 0.2) is 42.5 Å². The van der Waals surface area contributed by atoms with Gasteiger partial charge in [0.1, 0.15) is 0 Å². The number of hydrogen-bond acceptors (Lipinski definition) is 4. The van der Waals surface area contributed by atoms with Crippen molar-refractivity contribution in [3.05, 3.63) is 57.2 Å². The molecule has 3 rings (SSSR count). The molecule has 1 saturated heterocycles. The molecular weight excluding hydrogens is 336 g/mol. The SMILES string of the molecule is C[C@H](c1ccccc1)N1C(=O)C(=O)N(Cc2ccc(Cl)s2)C1=O. The van der Waals surface area contributed by atoms with Crippen LogP contribution in [0.2, 0.25) is 4.34 Å². The van der Waals surface area contributed by atoms with Gasteiger partial charge >= 0.3 is 17.8 Å². The Morgan fingerprint density at radius 3 is 2.35 bits per heavy atom. The van der Waals surface area contributed by atoms with Gasteiger partial charge in [-0.2, -0.15) is 0 Å². The number of carbonyl (C=O) groups excluding carboxylic acids is 3. The van der Waals surface area contributed by atoms with Crippen LogP contribution in [0, 0.1) is 0 Å². The van der Waals surface area contributed by atoms with E-state index in [9.17, 15) is 14.4 Å². The second-order valence-electron chi connectivity index (χ2n) is 5.14. The molecule has 7 heteroatoms. The van der Waals surface area contributed by atoms with Crippen molar-refractivity contribution in [3.8, 4) is 0 Å². The summed E-state index contributed by atoms with van der Waals surface area (Å²) in [7, 11) is 0. The number of benzene rings is 1. The van der Waals surface area contributed by atoms with Crippen molar-refractivity contribution in [2.45, 2.75) is 19.5 Å². The van der Waals surface area contributed by atoms with E-state index in [1.165, 1.54) is 11.3 Å². The monoisotopic (exact) mass is 348 g/mol. The van der Waals surface area contributed by atoms with Crippen LogP contribution in [0.3, 0.4) is 0 Å². The topological polar surface area (TPSA) is 57.7 Å². The summed E-state index contributed by atoms with van der Waals surface area (Å²) in [4.78, 5) is 39.6. The lowest BCUT2D eigenvalue weighted by molar-refractivity contribution is -0.144. The van der Waals surface area contributed by atoms with Crippen LogP contribution < -0.4 is 0 Å². The standard InChI is InChI=1S/C16H13ClN2O3S/c1-10(11-5-3-2-4-6-11)19-15(21)14(20)18(16(19)22)9-12-7-8-13(17)23-12/h2-8,10H,9H2,1H3/t10-/m1/s1. The molecule has 0 unspecified atom stereocenters. The summed E-state index contributed by atoms with van der Waals surface area (Å²) in [5, 5.41) is 0. The number of carbonyl (C=O) groups is 3. The van der Waals surface area contributed by atoms with E-state index in [2.05, 4.69) is 0 Å². The maximum Gasteiger partial charge on any atom is 0.335 e. The van der Waals surface area contributed by atoms with Crippen molar-refractivity contribution in [3.63, 3.8) is 0 Å². The first kappa shape index (κ1) is 15.7. The third-order valence-electron chi connectivity index (χ3n) is 3.70. The highest BCUT2D eigenvalue weighted by atomic mass is 35.5. The number of rotatable bonds is 4. The Balaban J connectivity index is 1.85. The van der Waals surface area contributed by atoms with Crippen molar-refractivity contribution in [2.24, 2.45) is 0 Å². The first-order chi connectivity index (χ1) is 11.0. The Kier molecular flexibility index (Phi) is 4.19. The van der Waals surface area contributed by atoms with Gasteiger partial charge in [0.15, 0.2) is 0 Å². The predicted octanol–water partition coefficient (Wildman–Crippen LogP) is 3.45. The molecule has 0 radical (unpaired) electrons. The zero-order valence-electron chi connectivity index (χ0n) is 12.2. The van der Waals surface area contributed by atoms with Crippen molar-refractivity contribution in [1.82, 2.24) is 9.80 Å². The fourth-order valence-electron chi connectivity index (χ4n) is 2.48. The Hall–Kier alpha value is -2.18. The summed E-state index contributed by atoms with van der Waals surface area (Å²) in [6, 6.07) is 11.5. The van der Waals surface area contributed by atoms with Crippen LogP contribution in [-0.2, 0) is 16.1 Å². The lowest BCUT2D eigenvalue weighted by atomic mass is 10.1. The third-order valence-corrected chi connectivity index (χ3v) is 4.91. The van der Waals surface area contributed by atoms with E-state index in [1.54, 1.807) is 19.1 Å². The normalized spacial score (nSPS) is 16.3. The number of nitrogens with zero attached hydrogens (tertiary/aromatic N) is 2. The molecule has 4 amide bonds. The van der Waals surface area contributed by atoms with E-state index in [0.717, 1.165) is 20.2 Å². The lowest BCUT2D eigenvalue weighted by Crippen LogP contribution is -2.34. The third kappa shape index (κ3) is 2.87. The maximum atomic E-state index is 12.5. The van der Waals surface area contributed by atoms with Gasteiger partial charge in [-0.15, -0.1) is 11.3 Å². The molecule has 1 aliphatic rings. The molecule has 2 aromatic rings. The van der Waals surface area contributed by atoms with Gasteiger partial charge in [0.05, 0.1) is 16.9 Å². The minimum atomic E-state index is -0.803. The molecule has 0 N–H and O–H groups in total. The highest BCUT2D eigenvalue weighted by molar-refractivity contribution is 7.16. The average molecular weight is 349 g/mol. The molecule has 1 atom stereocenters. The van der Waals surface area contributed by atoms with E-state index in [0.29, 0.717) is 4.34 Å². The molecule has 0 spiro atoms. The van der Waals surface area contributed by atoms with Crippen molar-refractivity contribution < 1.29 is 14.4 Å². The molecule has 23 heavy (non-hydrogen) atoms. The summed E-state index contributed by atoms with van der Waals surface area (Å²) in [6.07, 6.45) is 0. The fourth-order valence-corrected chi connectivity index (χ4v) is 3.55. The molecule has 1 aliphatic heterocycles. The van der Waals surface area contributed by atoms with E-state index in [-0.39, 0.29) is 6.54 Å². The Morgan fingerprint density at radius 2 is 1.74 bits per heavy atom. The van der Waals surface area contributed by atoms with Crippen LogP contribution in [0.4, 0.5) is 4.79 Å². The molecule has 0 aliphatic carbocycles. The molecular formula is C16H13ClN2O3S. The number of hydrogen-bond donors (Lipinski definition) is 0. The Labute approximate surface area is 142 Å². The van der Waals surface area contributed by atoms with Gasteiger partial charge in [0.25, 0.3) is 0 Å². The minimum Gasteiger partial charge on any atom is -0.263 e. The number of amides is 4. The van der Waals surface area contributed by atoms with E-state index in [1.807, 2.05) is 30.3 Å². The number of thiophene rings is 1. The lowest BCUT2D eigenvalue weighted by Gasteiger charge is -2.22. The van der Waals surface area contributed by atoms with E-state index < -0.39 is 23.9 Å². The van der Waals surface area contributed by atoms with E-state index >= 15 is 0 Å². The van der Waals surface area contributed by atoms with Crippen LogP contribution in [0.5, 0.6) is 0 Å². The quantitative estimate of drug-likeness (QED) is 0.628. The summed E-state index contributed by atoms with van der Waals surface area (Å²) in [5.41, 5.74) is 0.794. The van der Waals surface area contributed by atoms with Crippen LogP contribution in [-0.4, -0.2) is 27.6 Å². The molecule has 2 heterocycles. The average Bonchev–Trinajstić information content (AvgIpc) is 3.05. The maximum absolute atomic E-state index is 12.5. The van der Waals surface area contributed by atoms with Gasteiger partial charge in [-0.05, 0) is 24.6 Å². The Bertz CT molecular complexity index is 775. The van der Waals surface area contributed by atoms with Gasteiger partial charge in [-0.3, -0.25) is 14.5 Å². The van der Waals surface area contributed by atoms with Gasteiger partial charge in [-0.25, -0.2) is 9.69 Å². The first-order valence-electron chi connectivity index (χ1n) is 6.97. The zero-order chi connectivity index (χ0) is 16.6. The second-order valence-corrected chi connectivity index (χ2v) is 6.94. The molecule has 118 valence electrons. The minimum absolute atomic E-state index is 0.0544. The summed E-state index contributed by atoms with van der Waals surface area (Å²) in [6.45, 7) is 1.78. The van der Waals surface area contributed by atoms with Crippen molar-refractivity contribution >= 4 is 40.8 Å². The molecule has 1 fully saturated rings. The van der Waals surface area contributed by atoms with Gasteiger partial charge in [-0.1, -0.05) is 41.9 Å². The van der Waals surface area contributed by atoms with Gasteiger partial charge < -0.3 is 0 Å². The Morgan fingerprint density at radius 1 is 1.04 bits per heavy atom. The molecule has 5 nitrogen and oxygen atoms in total. The van der Waals surface area contributed by atoms with Gasteiger partial charge in [0.2, 0.25) is 0 Å². The molecule has 0 bridgehead atoms. The summed E-state index contributed by atoms with van der Waals surface area (Å²) in [5.74, 6) is -1.60. The highest BCUT2D eigenvalue weighted by Crippen LogP contribution is 2.29. The van der Waals surface area contributed by atoms with Crippen LogP contribution in [0.25, 0.3) is 0 Å². The number of imide groups is 2. The second kappa shape index (κ2) is 6.14. The smallest absolute Gasteiger partial charge is 0.263 e. The van der Waals surface area contributed by atoms with Crippen molar-refractivity contribution in [2.75, 3.05) is 0 Å². The van der Waals surface area contributed by atoms with Crippen molar-refractivity contribution in [1.29, 1.82) is 0 Å².